The molecule has 0 aromatic rings. The van der Waals surface area contributed by atoms with Crippen molar-refractivity contribution >= 4 is 12.1 Å². The summed E-state index contributed by atoms with van der Waals surface area (Å²) in [5, 5.41) is 6.53. The molecule has 0 aromatic heterocycles. The highest BCUT2D eigenvalue weighted by Gasteiger charge is 2.42. The number of rotatable bonds is 4. The number of likely N-dealkylation sites (tertiary alicyclic amines) is 1. The first-order valence-electron chi connectivity index (χ1n) is 10.9. The lowest BCUT2D eigenvalue weighted by atomic mass is 9.64. The van der Waals surface area contributed by atoms with Crippen molar-refractivity contribution in [2.45, 2.75) is 96.2 Å². The Labute approximate surface area is 163 Å². The van der Waals surface area contributed by atoms with Crippen LogP contribution in [0.4, 0.5) is 9.59 Å². The summed E-state index contributed by atoms with van der Waals surface area (Å²) >= 11 is 0. The normalized spacial score (nSPS) is 31.5. The number of carbonyl (C=O) groups is 2. The van der Waals surface area contributed by atoms with Gasteiger partial charge in [-0.3, -0.25) is 0 Å². The van der Waals surface area contributed by atoms with Crippen molar-refractivity contribution < 1.29 is 14.3 Å². The molecule has 3 amide bonds. The van der Waals surface area contributed by atoms with Crippen LogP contribution in [0, 0.1) is 11.8 Å². The van der Waals surface area contributed by atoms with Gasteiger partial charge in [-0.1, -0.05) is 26.2 Å². The van der Waals surface area contributed by atoms with Crippen LogP contribution in [0.3, 0.4) is 0 Å². The van der Waals surface area contributed by atoms with E-state index in [1.807, 2.05) is 13.8 Å². The molecule has 2 bridgehead atoms. The van der Waals surface area contributed by atoms with Crippen molar-refractivity contribution in [1.29, 1.82) is 0 Å². The minimum atomic E-state index is -0.244. The lowest BCUT2D eigenvalue weighted by Gasteiger charge is -2.47. The van der Waals surface area contributed by atoms with Crippen LogP contribution in [0.2, 0.25) is 0 Å². The Kier molecular flexibility index (Phi) is 6.53. The van der Waals surface area contributed by atoms with Crippen molar-refractivity contribution in [3.8, 4) is 0 Å². The Morgan fingerprint density at radius 3 is 2.30 bits per heavy atom. The van der Waals surface area contributed by atoms with Gasteiger partial charge in [0.1, 0.15) is 0 Å². The molecule has 154 valence electrons. The lowest BCUT2D eigenvalue weighted by Crippen LogP contribution is -2.58. The van der Waals surface area contributed by atoms with Crippen LogP contribution >= 0.6 is 0 Å². The molecule has 0 spiro atoms. The Hall–Kier alpha value is -1.46. The summed E-state index contributed by atoms with van der Waals surface area (Å²) in [4.78, 5) is 26.4. The third kappa shape index (κ3) is 5.29. The topological polar surface area (TPSA) is 70.7 Å². The molecule has 3 fully saturated rings. The maximum Gasteiger partial charge on any atom is 0.410 e. The molecule has 2 atom stereocenters. The molecule has 1 aliphatic heterocycles. The summed E-state index contributed by atoms with van der Waals surface area (Å²) < 4.78 is 5.26. The van der Waals surface area contributed by atoms with E-state index in [9.17, 15) is 9.59 Å². The zero-order valence-electron chi connectivity index (χ0n) is 17.3. The number of nitrogens with one attached hydrogen (secondary N) is 2. The molecule has 1 heterocycles. The average molecular weight is 380 g/mol. The van der Waals surface area contributed by atoms with Crippen molar-refractivity contribution in [3.63, 3.8) is 0 Å². The molecule has 6 heteroatoms. The zero-order chi connectivity index (χ0) is 19.4. The molecule has 2 aliphatic carbocycles. The number of piperidine rings is 1. The number of carbonyl (C=O) groups excluding carboxylic acids is 2. The van der Waals surface area contributed by atoms with Gasteiger partial charge in [0.05, 0.1) is 6.10 Å². The maximum absolute atomic E-state index is 12.7. The number of urea groups is 1. The van der Waals surface area contributed by atoms with Crippen molar-refractivity contribution in [2.75, 3.05) is 13.1 Å². The van der Waals surface area contributed by atoms with E-state index in [2.05, 4.69) is 17.6 Å². The number of fused-ring (bicyclic) bond motifs is 2. The van der Waals surface area contributed by atoms with E-state index >= 15 is 0 Å². The highest BCUT2D eigenvalue weighted by molar-refractivity contribution is 5.75. The van der Waals surface area contributed by atoms with E-state index in [0.717, 1.165) is 43.9 Å². The van der Waals surface area contributed by atoms with Gasteiger partial charge in [-0.25, -0.2) is 9.59 Å². The van der Waals surface area contributed by atoms with Crippen LogP contribution in [0.5, 0.6) is 0 Å². The Balaban J connectivity index is 1.46. The van der Waals surface area contributed by atoms with Gasteiger partial charge in [-0.15, -0.1) is 0 Å². The van der Waals surface area contributed by atoms with E-state index in [-0.39, 0.29) is 29.8 Å². The van der Waals surface area contributed by atoms with E-state index in [0.29, 0.717) is 13.1 Å². The van der Waals surface area contributed by atoms with Crippen LogP contribution in [0.1, 0.15) is 78.6 Å². The molecule has 2 unspecified atom stereocenters. The predicted molar refractivity (Wildman–Crippen MR) is 106 cm³/mol. The fourth-order valence-corrected chi connectivity index (χ4v) is 5.39. The number of amides is 3. The Morgan fingerprint density at radius 2 is 1.74 bits per heavy atom. The first kappa shape index (κ1) is 20.3. The van der Waals surface area contributed by atoms with E-state index in [1.165, 1.54) is 25.7 Å². The minimum Gasteiger partial charge on any atom is -0.447 e. The van der Waals surface area contributed by atoms with Gasteiger partial charge in [-0.2, -0.15) is 0 Å². The van der Waals surface area contributed by atoms with Crippen LogP contribution in [-0.4, -0.2) is 47.8 Å². The van der Waals surface area contributed by atoms with Crippen LogP contribution in [-0.2, 0) is 4.74 Å². The summed E-state index contributed by atoms with van der Waals surface area (Å²) in [7, 11) is 0. The molecule has 27 heavy (non-hydrogen) atoms. The summed E-state index contributed by atoms with van der Waals surface area (Å²) in [6, 6.07) is 0.102. The maximum atomic E-state index is 12.7. The molecule has 0 aromatic carbocycles. The van der Waals surface area contributed by atoms with Crippen molar-refractivity contribution in [3.05, 3.63) is 0 Å². The monoisotopic (exact) mass is 379 g/mol. The van der Waals surface area contributed by atoms with E-state index in [1.54, 1.807) is 4.90 Å². The van der Waals surface area contributed by atoms with Gasteiger partial charge in [0.25, 0.3) is 0 Å². The third-order valence-electron chi connectivity index (χ3n) is 6.73. The molecular formula is C21H37N3O3. The second kappa shape index (κ2) is 8.70. The van der Waals surface area contributed by atoms with Gasteiger partial charge in [0.2, 0.25) is 0 Å². The summed E-state index contributed by atoms with van der Waals surface area (Å²) in [6.45, 7) is 7.21. The number of hydrogen-bond acceptors (Lipinski definition) is 3. The number of nitrogens with zero attached hydrogens (tertiary/aromatic N) is 1. The van der Waals surface area contributed by atoms with Gasteiger partial charge in [0, 0.05) is 24.7 Å². The SMILES string of the molecule is CCC1(NC(=O)NC2CCN(C(=O)OC(C)C)CC2)CC2CCCC(C2)C1. The fraction of sp³-hybridized carbons (Fsp3) is 0.905. The smallest absolute Gasteiger partial charge is 0.410 e. The molecule has 3 rings (SSSR count). The van der Waals surface area contributed by atoms with E-state index < -0.39 is 0 Å². The zero-order valence-corrected chi connectivity index (χ0v) is 17.3. The summed E-state index contributed by atoms with van der Waals surface area (Å²) in [5.41, 5.74) is -0.0279. The van der Waals surface area contributed by atoms with Gasteiger partial charge in [0.15, 0.2) is 0 Å². The molecule has 1 saturated heterocycles. The van der Waals surface area contributed by atoms with Gasteiger partial charge >= 0.3 is 12.1 Å². The molecule has 0 radical (unpaired) electrons. The first-order valence-corrected chi connectivity index (χ1v) is 10.9. The highest BCUT2D eigenvalue weighted by Crippen LogP contribution is 2.45. The molecule has 2 N–H and O–H groups in total. The number of ether oxygens (including phenoxy) is 1. The fourth-order valence-electron chi connectivity index (χ4n) is 5.39. The van der Waals surface area contributed by atoms with Crippen LogP contribution in [0.25, 0.3) is 0 Å². The lowest BCUT2D eigenvalue weighted by molar-refractivity contribution is 0.0678. The molecule has 6 nitrogen and oxygen atoms in total. The van der Waals surface area contributed by atoms with Crippen molar-refractivity contribution in [1.82, 2.24) is 15.5 Å². The standard InChI is InChI=1S/C21H37N3O3/c1-4-21(13-16-6-5-7-17(12-16)14-21)23-19(25)22-18-8-10-24(11-9-18)20(26)27-15(2)3/h15-18H,4-14H2,1-3H3,(H2,22,23,25). The van der Waals surface area contributed by atoms with Gasteiger partial charge in [-0.05, 0) is 64.2 Å². The van der Waals surface area contributed by atoms with Crippen molar-refractivity contribution in [2.24, 2.45) is 11.8 Å². The Bertz CT molecular complexity index is 517. The highest BCUT2D eigenvalue weighted by atomic mass is 16.6. The van der Waals surface area contributed by atoms with Crippen LogP contribution < -0.4 is 10.6 Å². The average Bonchev–Trinajstić information content (AvgIpc) is 2.61. The molecular weight excluding hydrogens is 342 g/mol. The van der Waals surface area contributed by atoms with E-state index in [4.69, 9.17) is 4.74 Å². The quantitative estimate of drug-likeness (QED) is 0.774. The Morgan fingerprint density at radius 1 is 1.11 bits per heavy atom. The van der Waals surface area contributed by atoms with Crippen LogP contribution in [0.15, 0.2) is 0 Å². The third-order valence-corrected chi connectivity index (χ3v) is 6.73. The number of hydrogen-bond donors (Lipinski definition) is 2. The van der Waals surface area contributed by atoms with Gasteiger partial charge < -0.3 is 20.3 Å². The summed E-state index contributed by atoms with van der Waals surface area (Å²) in [5.74, 6) is 1.57. The predicted octanol–water partition coefficient (Wildman–Crippen LogP) is 4.04. The largest absolute Gasteiger partial charge is 0.447 e. The molecule has 2 saturated carbocycles. The second-order valence-corrected chi connectivity index (χ2v) is 9.23. The first-order chi connectivity index (χ1) is 12.9. The second-order valence-electron chi connectivity index (χ2n) is 9.23. The molecule has 3 aliphatic rings. The minimum absolute atomic E-state index is 0.0277. The summed E-state index contributed by atoms with van der Waals surface area (Å²) in [6.07, 6.45) is 9.86.